The Bertz CT molecular complexity index is 237. The largest absolute Gasteiger partial charge is 0.254 e. The molecule has 0 amide bonds. The lowest BCUT2D eigenvalue weighted by Gasteiger charge is -1.91. The highest BCUT2D eigenvalue weighted by Crippen LogP contribution is 2.08. The van der Waals surface area contributed by atoms with Crippen molar-refractivity contribution < 1.29 is 17.6 Å². The van der Waals surface area contributed by atoms with Gasteiger partial charge in [-0.1, -0.05) is 0 Å². The molecule has 0 radical (unpaired) electrons. The summed E-state index contributed by atoms with van der Waals surface area (Å²) in [7, 11) is 0. The molecule has 1 nitrogen and oxygen atoms in total. The Hall–Kier alpha value is -1.13. The molecule has 54 valence electrons. The van der Waals surface area contributed by atoms with Crippen molar-refractivity contribution in [2.45, 2.75) is 0 Å². The third-order valence-corrected chi connectivity index (χ3v) is 0.842. The van der Waals surface area contributed by atoms with Crippen molar-refractivity contribution >= 4 is 0 Å². The molecule has 0 aliphatic carbocycles. The maximum atomic E-state index is 11.9. The number of rotatable bonds is 0. The van der Waals surface area contributed by atoms with E-state index in [-0.39, 0.29) is 6.07 Å². The maximum absolute atomic E-state index is 11.9. The molecule has 1 heterocycles. The zero-order chi connectivity index (χ0) is 7.72. The van der Waals surface area contributed by atoms with Gasteiger partial charge < -0.3 is 0 Å². The topological polar surface area (TPSA) is 12.9 Å². The molecule has 0 fully saturated rings. The first-order valence-electron chi connectivity index (χ1n) is 2.28. The predicted molar refractivity (Wildman–Crippen MR) is 24.1 cm³/mol. The second-order valence-corrected chi connectivity index (χ2v) is 1.53. The van der Waals surface area contributed by atoms with Crippen LogP contribution in [-0.2, 0) is 0 Å². The Labute approximate surface area is 53.3 Å². The highest BCUT2D eigenvalue weighted by Gasteiger charge is 2.11. The van der Waals surface area contributed by atoms with Gasteiger partial charge in [0.1, 0.15) is 0 Å². The van der Waals surface area contributed by atoms with Crippen LogP contribution in [0.4, 0.5) is 17.6 Å². The van der Waals surface area contributed by atoms with E-state index < -0.39 is 23.5 Å². The second kappa shape index (κ2) is 2.24. The molecule has 0 saturated heterocycles. The van der Waals surface area contributed by atoms with E-state index in [0.29, 0.717) is 0 Å². The van der Waals surface area contributed by atoms with Crippen molar-refractivity contribution in [2.24, 2.45) is 0 Å². The molecule has 10 heavy (non-hydrogen) atoms. The lowest BCUT2D eigenvalue weighted by molar-refractivity contribution is 0.401. The van der Waals surface area contributed by atoms with Crippen molar-refractivity contribution in [1.82, 2.24) is 4.98 Å². The monoisotopic (exact) mass is 151 g/mol. The molecule has 0 aliphatic rings. The fourth-order valence-electron chi connectivity index (χ4n) is 0.442. The quantitative estimate of drug-likeness (QED) is 0.405. The van der Waals surface area contributed by atoms with Crippen LogP contribution < -0.4 is 0 Å². The summed E-state index contributed by atoms with van der Waals surface area (Å²) in [6, 6.07) is 0.165. The first-order valence-corrected chi connectivity index (χ1v) is 2.28. The molecule has 1 aromatic rings. The first kappa shape index (κ1) is 6.98. The number of aromatic nitrogens is 1. The molecule has 1 aromatic heterocycles. The van der Waals surface area contributed by atoms with E-state index in [0.717, 1.165) is 0 Å². The van der Waals surface area contributed by atoms with Crippen LogP contribution in [0.5, 0.6) is 0 Å². The summed E-state index contributed by atoms with van der Waals surface area (Å²) in [6.45, 7) is 0. The van der Waals surface area contributed by atoms with E-state index in [9.17, 15) is 17.6 Å². The van der Waals surface area contributed by atoms with Crippen LogP contribution in [0.2, 0.25) is 0 Å². The summed E-state index contributed by atoms with van der Waals surface area (Å²) in [5.41, 5.74) is 0. The van der Waals surface area contributed by atoms with Gasteiger partial charge in [0.25, 0.3) is 5.95 Å². The third-order valence-electron chi connectivity index (χ3n) is 0.842. The van der Waals surface area contributed by atoms with Crippen LogP contribution >= 0.6 is 0 Å². The van der Waals surface area contributed by atoms with Gasteiger partial charge >= 0.3 is 0 Å². The van der Waals surface area contributed by atoms with Gasteiger partial charge in [-0.05, 0) is 0 Å². The van der Waals surface area contributed by atoms with Crippen LogP contribution in [0.3, 0.4) is 0 Å². The minimum Gasteiger partial charge on any atom is -0.203 e. The molecule has 0 saturated carbocycles. The molecule has 0 N–H and O–H groups in total. The summed E-state index contributed by atoms with van der Waals surface area (Å²) < 4.78 is 47.6. The lowest BCUT2D eigenvalue weighted by atomic mass is 10.4. The Balaban J connectivity index is 3.31. The number of hydrogen-bond acceptors (Lipinski definition) is 1. The lowest BCUT2D eigenvalue weighted by Crippen LogP contribution is -1.96. The molecule has 0 atom stereocenters. The molecule has 0 bridgehead atoms. The first-order chi connectivity index (χ1) is 4.61. The van der Waals surface area contributed by atoms with Crippen LogP contribution in [0.1, 0.15) is 0 Å². The highest BCUT2D eigenvalue weighted by molar-refractivity contribution is 5.00. The zero-order valence-electron chi connectivity index (χ0n) is 4.54. The van der Waals surface area contributed by atoms with Crippen LogP contribution in [-0.4, -0.2) is 4.98 Å². The Morgan fingerprint density at radius 3 is 2.20 bits per heavy atom. The summed E-state index contributed by atoms with van der Waals surface area (Å²) in [5, 5.41) is 0. The molecule has 0 unspecified atom stereocenters. The number of pyridine rings is 1. The Morgan fingerprint density at radius 2 is 1.70 bits per heavy atom. The molecular formula is C5HF4N. The molecule has 0 aliphatic heterocycles. The highest BCUT2D eigenvalue weighted by atomic mass is 19.2. The van der Waals surface area contributed by atoms with Gasteiger partial charge in [-0.3, -0.25) is 0 Å². The molecule has 0 spiro atoms. The summed E-state index contributed by atoms with van der Waals surface area (Å²) >= 11 is 0. The van der Waals surface area contributed by atoms with Gasteiger partial charge in [-0.15, -0.1) is 0 Å². The molecule has 1 rings (SSSR count). The minimum absolute atomic E-state index is 0.165. The van der Waals surface area contributed by atoms with Gasteiger partial charge in [0.2, 0.25) is 11.8 Å². The van der Waals surface area contributed by atoms with Gasteiger partial charge in [-0.25, -0.2) is 4.39 Å². The number of hydrogen-bond donors (Lipinski definition) is 0. The van der Waals surface area contributed by atoms with Gasteiger partial charge in [0.15, 0.2) is 5.82 Å². The summed E-state index contributed by atoms with van der Waals surface area (Å²) in [6.07, 6.45) is 0. The predicted octanol–water partition coefficient (Wildman–Crippen LogP) is 1.64. The minimum atomic E-state index is -1.77. The van der Waals surface area contributed by atoms with Crippen molar-refractivity contribution in [3.8, 4) is 0 Å². The standard InChI is InChI=1S/C5HF4N/c6-2-1-3(7)10-5(9)4(2)8/h1H. The van der Waals surface area contributed by atoms with E-state index in [1.54, 1.807) is 0 Å². The zero-order valence-corrected chi connectivity index (χ0v) is 4.54. The number of nitrogens with zero attached hydrogens (tertiary/aromatic N) is 1. The van der Waals surface area contributed by atoms with E-state index >= 15 is 0 Å². The van der Waals surface area contributed by atoms with E-state index in [1.165, 1.54) is 0 Å². The van der Waals surface area contributed by atoms with Crippen LogP contribution in [0, 0.1) is 23.5 Å². The van der Waals surface area contributed by atoms with E-state index in [2.05, 4.69) is 4.98 Å². The molecule has 0 aromatic carbocycles. The van der Waals surface area contributed by atoms with Crippen molar-refractivity contribution in [3.63, 3.8) is 0 Å². The summed E-state index contributed by atoms with van der Waals surface area (Å²) in [5.74, 6) is -6.49. The smallest absolute Gasteiger partial charge is 0.203 e. The third kappa shape index (κ3) is 1.07. The van der Waals surface area contributed by atoms with Crippen LogP contribution in [0.15, 0.2) is 6.07 Å². The average Bonchev–Trinajstić information content (AvgIpc) is 1.82. The second-order valence-electron chi connectivity index (χ2n) is 1.53. The van der Waals surface area contributed by atoms with E-state index in [1.807, 2.05) is 0 Å². The fraction of sp³-hybridized carbons (Fsp3) is 0. The number of halogens is 4. The van der Waals surface area contributed by atoms with E-state index in [4.69, 9.17) is 0 Å². The van der Waals surface area contributed by atoms with Crippen LogP contribution in [0.25, 0.3) is 0 Å². The average molecular weight is 151 g/mol. The van der Waals surface area contributed by atoms with Gasteiger partial charge in [0, 0.05) is 6.07 Å². The Kier molecular flexibility index (Phi) is 1.57. The SMILES string of the molecule is Fc1cc(F)c(F)c(F)n1. The van der Waals surface area contributed by atoms with Gasteiger partial charge in [0.05, 0.1) is 0 Å². The van der Waals surface area contributed by atoms with Gasteiger partial charge in [-0.2, -0.15) is 18.2 Å². The molecular weight excluding hydrogens is 150 g/mol. The van der Waals surface area contributed by atoms with Crippen molar-refractivity contribution in [2.75, 3.05) is 0 Å². The maximum Gasteiger partial charge on any atom is 0.254 e. The fourth-order valence-corrected chi connectivity index (χ4v) is 0.442. The molecule has 5 heteroatoms. The normalized spacial score (nSPS) is 10.0. The van der Waals surface area contributed by atoms with Crippen molar-refractivity contribution in [3.05, 3.63) is 29.6 Å². The summed E-state index contributed by atoms with van der Waals surface area (Å²) in [4.78, 5) is 2.39. The Morgan fingerprint density at radius 1 is 1.10 bits per heavy atom. The van der Waals surface area contributed by atoms with Crippen molar-refractivity contribution in [1.29, 1.82) is 0 Å².